The first-order chi connectivity index (χ1) is 8.66. The van der Waals surface area contributed by atoms with Gasteiger partial charge in [-0.15, -0.1) is 0 Å². The highest BCUT2D eigenvalue weighted by atomic mass is 35.5. The highest BCUT2D eigenvalue weighted by Crippen LogP contribution is 2.23. The van der Waals surface area contributed by atoms with Crippen LogP contribution in [0.1, 0.15) is 29.6 Å². The molecule has 1 aliphatic heterocycles. The summed E-state index contributed by atoms with van der Waals surface area (Å²) in [6.07, 6.45) is 3.67. The average molecular weight is 268 g/mol. The molecule has 1 saturated heterocycles. The van der Waals surface area contributed by atoms with Crippen molar-refractivity contribution in [2.45, 2.75) is 25.3 Å². The van der Waals surface area contributed by atoms with Crippen molar-refractivity contribution in [1.29, 1.82) is 0 Å². The number of piperidine rings is 1. The predicted molar refractivity (Wildman–Crippen MR) is 74.1 cm³/mol. The minimum Gasteiger partial charge on any atom is -0.382 e. The zero-order valence-corrected chi connectivity index (χ0v) is 11.0. The lowest BCUT2D eigenvalue weighted by Crippen LogP contribution is -2.39. The van der Waals surface area contributed by atoms with Gasteiger partial charge in [-0.25, -0.2) is 0 Å². The van der Waals surface area contributed by atoms with Crippen molar-refractivity contribution in [1.82, 2.24) is 5.32 Å². The summed E-state index contributed by atoms with van der Waals surface area (Å²) in [4.78, 5) is 11.1. The summed E-state index contributed by atoms with van der Waals surface area (Å²) < 4.78 is 0. The Bertz CT molecular complexity index is 430. The van der Waals surface area contributed by atoms with Gasteiger partial charge in [0.05, 0.1) is 10.7 Å². The van der Waals surface area contributed by atoms with Crippen LogP contribution in [0, 0.1) is 0 Å². The van der Waals surface area contributed by atoms with Gasteiger partial charge in [0.1, 0.15) is 0 Å². The van der Waals surface area contributed by atoms with Crippen LogP contribution in [0.4, 0.5) is 5.69 Å². The van der Waals surface area contributed by atoms with E-state index >= 15 is 0 Å². The Balaban J connectivity index is 1.99. The molecule has 1 atom stereocenters. The van der Waals surface area contributed by atoms with Crippen molar-refractivity contribution in [2.75, 3.05) is 18.4 Å². The van der Waals surface area contributed by atoms with Gasteiger partial charge in [-0.3, -0.25) is 4.79 Å². The zero-order chi connectivity index (χ0) is 13.0. The van der Waals surface area contributed by atoms with Gasteiger partial charge in [0.25, 0.3) is 0 Å². The van der Waals surface area contributed by atoms with Crippen LogP contribution in [-0.4, -0.2) is 25.0 Å². The molecule has 1 aromatic carbocycles. The molecule has 4 N–H and O–H groups in total. The Morgan fingerprint density at radius 1 is 1.50 bits per heavy atom. The lowest BCUT2D eigenvalue weighted by Gasteiger charge is -2.24. The van der Waals surface area contributed by atoms with Crippen molar-refractivity contribution in [3.05, 3.63) is 28.8 Å². The monoisotopic (exact) mass is 267 g/mol. The number of halogens is 1. The normalized spacial score (nSPS) is 19.5. The SMILES string of the molecule is NC(=O)c1ccc(Cl)c(NCC2CCCCN2)c1. The maximum absolute atomic E-state index is 11.1. The van der Waals surface area contributed by atoms with Gasteiger partial charge in [0.15, 0.2) is 0 Å². The zero-order valence-electron chi connectivity index (χ0n) is 10.2. The third-order valence-corrected chi connectivity index (χ3v) is 3.53. The summed E-state index contributed by atoms with van der Waals surface area (Å²) in [7, 11) is 0. The fraction of sp³-hybridized carbons (Fsp3) is 0.462. The van der Waals surface area contributed by atoms with Crippen molar-refractivity contribution < 1.29 is 4.79 Å². The van der Waals surface area contributed by atoms with E-state index in [9.17, 15) is 4.79 Å². The predicted octanol–water partition coefficient (Wildman–Crippen LogP) is 1.99. The number of hydrogen-bond donors (Lipinski definition) is 3. The molecule has 2 rings (SSSR count). The molecule has 0 aliphatic carbocycles. The van der Waals surface area contributed by atoms with Gasteiger partial charge in [0, 0.05) is 18.2 Å². The van der Waals surface area contributed by atoms with Gasteiger partial charge >= 0.3 is 0 Å². The topological polar surface area (TPSA) is 67.2 Å². The third kappa shape index (κ3) is 3.37. The fourth-order valence-electron chi connectivity index (χ4n) is 2.15. The molecule has 1 aliphatic rings. The number of amides is 1. The second-order valence-electron chi connectivity index (χ2n) is 4.59. The third-order valence-electron chi connectivity index (χ3n) is 3.20. The van der Waals surface area contributed by atoms with E-state index in [-0.39, 0.29) is 0 Å². The molecule has 1 unspecified atom stereocenters. The summed E-state index contributed by atoms with van der Waals surface area (Å²) in [5.74, 6) is -0.439. The first kappa shape index (κ1) is 13.2. The minimum absolute atomic E-state index is 0.439. The number of anilines is 1. The first-order valence-corrected chi connectivity index (χ1v) is 6.61. The molecule has 1 amide bonds. The molecule has 0 spiro atoms. The summed E-state index contributed by atoms with van der Waals surface area (Å²) in [6, 6.07) is 5.49. The van der Waals surface area contributed by atoms with Crippen LogP contribution in [0.5, 0.6) is 0 Å². The molecular weight excluding hydrogens is 250 g/mol. The standard InChI is InChI=1S/C13H18ClN3O/c14-11-5-4-9(13(15)18)7-12(11)17-8-10-3-1-2-6-16-10/h4-5,7,10,16-17H,1-3,6,8H2,(H2,15,18). The second-order valence-corrected chi connectivity index (χ2v) is 4.99. The summed E-state index contributed by atoms with van der Waals surface area (Å²) in [6.45, 7) is 1.88. The molecule has 1 aromatic rings. The van der Waals surface area contributed by atoms with Crippen LogP contribution in [0.2, 0.25) is 5.02 Å². The van der Waals surface area contributed by atoms with Gasteiger partial charge in [-0.2, -0.15) is 0 Å². The van der Waals surface area contributed by atoms with Crippen LogP contribution in [0.3, 0.4) is 0 Å². The number of nitrogens with one attached hydrogen (secondary N) is 2. The number of benzene rings is 1. The Morgan fingerprint density at radius 3 is 3.00 bits per heavy atom. The van der Waals surface area contributed by atoms with E-state index in [1.165, 1.54) is 19.3 Å². The van der Waals surface area contributed by atoms with Gasteiger partial charge in [0.2, 0.25) is 5.91 Å². The van der Waals surface area contributed by atoms with Crippen molar-refractivity contribution >= 4 is 23.2 Å². The highest BCUT2D eigenvalue weighted by Gasteiger charge is 2.13. The largest absolute Gasteiger partial charge is 0.382 e. The second kappa shape index (κ2) is 6.07. The van der Waals surface area contributed by atoms with Gasteiger partial charge in [-0.1, -0.05) is 18.0 Å². The Hall–Kier alpha value is -1.26. The molecule has 0 bridgehead atoms. The lowest BCUT2D eigenvalue weighted by atomic mass is 10.0. The molecule has 4 nitrogen and oxygen atoms in total. The lowest BCUT2D eigenvalue weighted by molar-refractivity contribution is 0.100. The number of primary amides is 1. The molecule has 98 valence electrons. The Labute approximate surface area is 112 Å². The molecular formula is C13H18ClN3O. The fourth-order valence-corrected chi connectivity index (χ4v) is 2.33. The Kier molecular flexibility index (Phi) is 4.44. The summed E-state index contributed by atoms with van der Waals surface area (Å²) in [5, 5.41) is 7.33. The van der Waals surface area contributed by atoms with Crippen molar-refractivity contribution in [2.24, 2.45) is 5.73 Å². The van der Waals surface area contributed by atoms with Crippen molar-refractivity contribution in [3.8, 4) is 0 Å². The van der Waals surface area contributed by atoms with E-state index in [4.69, 9.17) is 17.3 Å². The smallest absolute Gasteiger partial charge is 0.248 e. The van der Waals surface area contributed by atoms with Crippen LogP contribution in [0.25, 0.3) is 0 Å². The number of carbonyl (C=O) groups excluding carboxylic acids is 1. The maximum Gasteiger partial charge on any atom is 0.248 e. The van der Waals surface area contributed by atoms with E-state index in [1.54, 1.807) is 18.2 Å². The number of nitrogens with two attached hydrogens (primary N) is 1. The molecule has 1 heterocycles. The van der Waals surface area contributed by atoms with Crippen LogP contribution in [-0.2, 0) is 0 Å². The molecule has 0 aromatic heterocycles. The van der Waals surface area contributed by atoms with Gasteiger partial charge < -0.3 is 16.4 Å². The molecule has 1 fully saturated rings. The first-order valence-electron chi connectivity index (χ1n) is 6.23. The van der Waals surface area contributed by atoms with Crippen molar-refractivity contribution in [3.63, 3.8) is 0 Å². The maximum atomic E-state index is 11.1. The molecule has 5 heteroatoms. The van der Waals surface area contributed by atoms with E-state index in [0.717, 1.165) is 18.8 Å². The Morgan fingerprint density at radius 2 is 2.33 bits per heavy atom. The summed E-state index contributed by atoms with van der Waals surface area (Å²) >= 11 is 6.08. The van der Waals surface area contributed by atoms with Crippen LogP contribution >= 0.6 is 11.6 Å². The average Bonchev–Trinajstić information content (AvgIpc) is 2.38. The molecule has 0 radical (unpaired) electrons. The van der Waals surface area contributed by atoms with E-state index in [1.807, 2.05) is 0 Å². The van der Waals surface area contributed by atoms with Gasteiger partial charge in [-0.05, 0) is 37.6 Å². The van der Waals surface area contributed by atoms with Crippen LogP contribution in [0.15, 0.2) is 18.2 Å². The number of hydrogen-bond acceptors (Lipinski definition) is 3. The highest BCUT2D eigenvalue weighted by molar-refractivity contribution is 6.33. The van der Waals surface area contributed by atoms with E-state index < -0.39 is 5.91 Å². The quantitative estimate of drug-likeness (QED) is 0.782. The minimum atomic E-state index is -0.439. The summed E-state index contributed by atoms with van der Waals surface area (Å²) in [5.41, 5.74) is 6.48. The van der Waals surface area contributed by atoms with E-state index in [2.05, 4.69) is 10.6 Å². The number of rotatable bonds is 4. The molecule has 0 saturated carbocycles. The van der Waals surface area contributed by atoms with E-state index in [0.29, 0.717) is 16.6 Å². The van der Waals surface area contributed by atoms with Crippen LogP contribution < -0.4 is 16.4 Å². The molecule has 18 heavy (non-hydrogen) atoms. The number of carbonyl (C=O) groups is 1.